The summed E-state index contributed by atoms with van der Waals surface area (Å²) in [6.45, 7) is 0.816. The van der Waals surface area contributed by atoms with Crippen molar-refractivity contribution >= 4 is 17.7 Å². The maximum Gasteiger partial charge on any atom is 0.460 e. The molecule has 0 unspecified atom stereocenters. The van der Waals surface area contributed by atoms with Crippen LogP contribution < -0.4 is 5.32 Å². The van der Waals surface area contributed by atoms with Gasteiger partial charge in [0.1, 0.15) is 13.2 Å². The number of halogens is 13. The van der Waals surface area contributed by atoms with Gasteiger partial charge in [-0.2, -0.15) is 68.8 Å². The van der Waals surface area contributed by atoms with Crippen LogP contribution in [0.3, 0.4) is 0 Å². The van der Waals surface area contributed by atoms with E-state index in [4.69, 9.17) is 22.3 Å². The fourth-order valence-corrected chi connectivity index (χ4v) is 3.54. The summed E-state index contributed by atoms with van der Waals surface area (Å²) in [6, 6.07) is 0. The van der Waals surface area contributed by atoms with E-state index in [1.807, 2.05) is 0 Å². The van der Waals surface area contributed by atoms with Gasteiger partial charge in [-0.15, -0.1) is 12.8 Å². The van der Waals surface area contributed by atoms with Crippen LogP contribution in [0.5, 0.6) is 0 Å². The first kappa shape index (κ1) is 37.0. The number of alkyl halides is 13. The van der Waals surface area contributed by atoms with Crippen molar-refractivity contribution in [2.45, 2.75) is 61.1 Å². The van der Waals surface area contributed by atoms with Gasteiger partial charge in [-0.1, -0.05) is 11.8 Å². The molecule has 0 aromatic heterocycles. The molecule has 4 nitrogen and oxygen atoms in total. The lowest BCUT2D eigenvalue weighted by Gasteiger charge is -2.39. The number of nitrogens with one attached hydrogen (secondary N) is 1. The number of carbonyl (C=O) groups is 1. The summed E-state index contributed by atoms with van der Waals surface area (Å²) >= 11 is 0.271. The predicted molar refractivity (Wildman–Crippen MR) is 113 cm³/mol. The Labute approximate surface area is 218 Å². The van der Waals surface area contributed by atoms with Crippen molar-refractivity contribution in [3.63, 3.8) is 0 Å². The number of hydrogen-bond donors (Lipinski definition) is 1. The third-order valence-electron chi connectivity index (χ3n) is 4.69. The van der Waals surface area contributed by atoms with E-state index < -0.39 is 71.6 Å². The van der Waals surface area contributed by atoms with E-state index in [9.17, 15) is 61.9 Å². The van der Waals surface area contributed by atoms with Crippen molar-refractivity contribution < 1.29 is 71.3 Å². The van der Waals surface area contributed by atoms with E-state index in [2.05, 4.69) is 17.2 Å². The summed E-state index contributed by atoms with van der Waals surface area (Å²) < 4.78 is 181. The molecular formula is C21H22F13NO3S. The summed E-state index contributed by atoms with van der Waals surface area (Å²) in [5.74, 6) is -35.1. The molecule has 0 saturated carbocycles. The minimum atomic E-state index is -7.93. The molecule has 39 heavy (non-hydrogen) atoms. The Bertz CT molecular complexity index is 875. The van der Waals surface area contributed by atoms with E-state index in [-0.39, 0.29) is 38.2 Å². The van der Waals surface area contributed by atoms with Gasteiger partial charge in [0.05, 0.1) is 18.8 Å². The highest BCUT2D eigenvalue weighted by molar-refractivity contribution is 7.99. The van der Waals surface area contributed by atoms with E-state index in [0.717, 1.165) is 0 Å². The molecule has 0 aliphatic rings. The fourth-order valence-electron chi connectivity index (χ4n) is 2.61. The Morgan fingerprint density at radius 1 is 0.744 bits per heavy atom. The van der Waals surface area contributed by atoms with Crippen molar-refractivity contribution in [2.75, 3.05) is 37.9 Å². The van der Waals surface area contributed by atoms with Crippen LogP contribution in [-0.2, 0) is 14.3 Å². The smallest absolute Gasteiger partial charge is 0.366 e. The summed E-state index contributed by atoms with van der Waals surface area (Å²) in [7, 11) is 0. The van der Waals surface area contributed by atoms with Gasteiger partial charge >= 0.3 is 35.8 Å². The molecule has 0 spiro atoms. The minimum absolute atomic E-state index is 0.145. The molecule has 18 heteroatoms. The molecule has 0 rings (SSSR count). The molecule has 1 amide bonds. The van der Waals surface area contributed by atoms with Gasteiger partial charge in [0.2, 0.25) is 5.91 Å². The van der Waals surface area contributed by atoms with Gasteiger partial charge in [0.25, 0.3) is 0 Å². The van der Waals surface area contributed by atoms with Gasteiger partial charge < -0.3 is 14.8 Å². The monoisotopic (exact) mass is 615 g/mol. The van der Waals surface area contributed by atoms with Crippen LogP contribution in [-0.4, -0.2) is 85.2 Å². The van der Waals surface area contributed by atoms with E-state index in [0.29, 0.717) is 0 Å². The molecular weight excluding hydrogens is 593 g/mol. The fraction of sp³-hybridized carbons (Fsp3) is 0.762. The second-order valence-electron chi connectivity index (χ2n) is 8.11. The highest BCUT2D eigenvalue weighted by Gasteiger charge is 2.90. The zero-order chi connectivity index (χ0) is 31.0. The normalized spacial score (nSPS) is 14.1. The Kier molecular flexibility index (Phi) is 12.8. The molecule has 0 bridgehead atoms. The number of carbonyl (C=O) groups excluding carboxylic acids is 1. The number of amides is 1. The molecule has 0 atom stereocenters. The summed E-state index contributed by atoms with van der Waals surface area (Å²) in [5.41, 5.74) is -1.19. The van der Waals surface area contributed by atoms with Crippen LogP contribution >= 0.6 is 11.8 Å². The van der Waals surface area contributed by atoms with Crippen LogP contribution in [0.4, 0.5) is 57.1 Å². The maximum atomic E-state index is 13.8. The topological polar surface area (TPSA) is 47.6 Å². The van der Waals surface area contributed by atoms with Gasteiger partial charge in [-0.25, -0.2) is 0 Å². The average Bonchev–Trinajstić information content (AvgIpc) is 2.77. The van der Waals surface area contributed by atoms with Gasteiger partial charge in [0, 0.05) is 18.6 Å². The van der Waals surface area contributed by atoms with Crippen LogP contribution in [0.2, 0.25) is 0 Å². The van der Waals surface area contributed by atoms with Crippen LogP contribution in [0.15, 0.2) is 0 Å². The Morgan fingerprint density at radius 3 is 1.59 bits per heavy atom. The Morgan fingerprint density at radius 2 is 1.18 bits per heavy atom. The highest BCUT2D eigenvalue weighted by atomic mass is 32.2. The molecule has 0 aromatic rings. The summed E-state index contributed by atoms with van der Waals surface area (Å²) in [6.07, 6.45) is -0.221. The molecule has 0 saturated heterocycles. The molecule has 0 heterocycles. The second-order valence-corrected chi connectivity index (χ2v) is 9.34. The van der Waals surface area contributed by atoms with Crippen molar-refractivity contribution in [1.82, 2.24) is 5.32 Å². The van der Waals surface area contributed by atoms with E-state index >= 15 is 0 Å². The maximum absolute atomic E-state index is 13.8. The number of hydrogen-bond acceptors (Lipinski definition) is 4. The molecule has 0 aromatic carbocycles. The lowest BCUT2D eigenvalue weighted by atomic mass is 9.93. The zero-order valence-corrected chi connectivity index (χ0v) is 20.7. The standard InChI is InChI=1S/C21H22F13NO3S/c1-4-8-37-12-15(3,13-38-9-5-2)35-14(36)6-10-39-11-7-16(22,23)17(24,25)18(26,27)19(28,29)20(30,31)21(32,33)34/h1-2H,6-13H2,3H3,(H,35,36). The SMILES string of the molecule is C#CCOCC(C)(COCC#C)NC(=O)CCSCCC(F)(F)C(F)(F)C(F)(F)C(F)(F)C(F)(F)C(F)(F)F. The summed E-state index contributed by atoms with van der Waals surface area (Å²) in [5, 5.41) is 2.45. The number of ether oxygens (including phenoxy) is 2. The first-order chi connectivity index (χ1) is 17.5. The Balaban J connectivity index is 5.18. The third kappa shape index (κ3) is 8.72. The molecule has 226 valence electrons. The number of rotatable bonds is 17. The molecule has 0 aliphatic heterocycles. The zero-order valence-electron chi connectivity index (χ0n) is 19.9. The van der Waals surface area contributed by atoms with Crippen molar-refractivity contribution in [1.29, 1.82) is 0 Å². The molecule has 1 N–H and O–H groups in total. The van der Waals surface area contributed by atoms with Crippen molar-refractivity contribution in [3.8, 4) is 24.7 Å². The quantitative estimate of drug-likeness (QED) is 0.135. The van der Waals surface area contributed by atoms with Crippen molar-refractivity contribution in [2.24, 2.45) is 0 Å². The van der Waals surface area contributed by atoms with Gasteiger partial charge in [-0.3, -0.25) is 4.79 Å². The van der Waals surface area contributed by atoms with E-state index in [1.165, 1.54) is 6.92 Å². The van der Waals surface area contributed by atoms with Gasteiger partial charge in [-0.05, 0) is 12.7 Å². The first-order valence-electron chi connectivity index (χ1n) is 10.3. The Hall–Kier alpha value is -2.05. The summed E-state index contributed by atoms with van der Waals surface area (Å²) in [4.78, 5) is 12.1. The third-order valence-corrected chi connectivity index (χ3v) is 5.67. The first-order valence-corrected chi connectivity index (χ1v) is 11.5. The van der Waals surface area contributed by atoms with Crippen molar-refractivity contribution in [3.05, 3.63) is 0 Å². The van der Waals surface area contributed by atoms with Gasteiger partial charge in [0.15, 0.2) is 0 Å². The lowest BCUT2D eigenvalue weighted by Crippen LogP contribution is -2.70. The van der Waals surface area contributed by atoms with Crippen LogP contribution in [0, 0.1) is 24.7 Å². The number of thioether (sulfide) groups is 1. The second kappa shape index (κ2) is 13.5. The predicted octanol–water partition coefficient (Wildman–Crippen LogP) is 5.41. The number of terminal acetylenes is 2. The van der Waals surface area contributed by atoms with Crippen LogP contribution in [0.25, 0.3) is 0 Å². The van der Waals surface area contributed by atoms with Crippen LogP contribution in [0.1, 0.15) is 19.8 Å². The van der Waals surface area contributed by atoms with E-state index in [1.54, 1.807) is 0 Å². The highest BCUT2D eigenvalue weighted by Crippen LogP contribution is 2.60. The lowest BCUT2D eigenvalue weighted by molar-refractivity contribution is -0.439. The minimum Gasteiger partial charge on any atom is -0.366 e. The molecule has 0 radical (unpaired) electrons. The average molecular weight is 615 g/mol. The molecule has 0 aliphatic carbocycles. The molecule has 0 fully saturated rings. The largest absolute Gasteiger partial charge is 0.460 e.